The van der Waals surface area contributed by atoms with Gasteiger partial charge in [0, 0.05) is 18.0 Å². The van der Waals surface area contributed by atoms with E-state index in [4.69, 9.17) is 15.7 Å². The molecule has 0 heterocycles. The molecule has 0 saturated heterocycles. The fraction of sp³-hybridized carbons (Fsp3) is 0.462. The van der Waals surface area contributed by atoms with Crippen LogP contribution in [0.3, 0.4) is 0 Å². The predicted octanol–water partition coefficient (Wildman–Crippen LogP) is 2.62. The third-order valence-electron chi connectivity index (χ3n) is 2.62. The van der Waals surface area contributed by atoms with Gasteiger partial charge >= 0.3 is 0 Å². The van der Waals surface area contributed by atoms with Crippen LogP contribution in [0.1, 0.15) is 35.6 Å². The van der Waals surface area contributed by atoms with Gasteiger partial charge in [-0.1, -0.05) is 17.7 Å². The van der Waals surface area contributed by atoms with Crippen LogP contribution in [0.15, 0.2) is 12.1 Å². The summed E-state index contributed by atoms with van der Waals surface area (Å²) in [6, 6.07) is 6.09. The van der Waals surface area contributed by atoms with Crippen molar-refractivity contribution < 1.29 is 4.74 Å². The largest absolute Gasteiger partial charge is 0.496 e. The Morgan fingerprint density at radius 3 is 2.69 bits per heavy atom. The molecule has 0 radical (unpaired) electrons. The van der Waals surface area contributed by atoms with Gasteiger partial charge < -0.3 is 10.5 Å². The van der Waals surface area contributed by atoms with E-state index in [2.05, 4.69) is 12.1 Å². The molecule has 16 heavy (non-hydrogen) atoms. The first kappa shape index (κ1) is 12.5. The van der Waals surface area contributed by atoms with Crippen LogP contribution in [0.5, 0.6) is 5.75 Å². The molecule has 2 N–H and O–H groups in total. The topological polar surface area (TPSA) is 59.0 Å². The Hall–Kier alpha value is -1.53. The van der Waals surface area contributed by atoms with E-state index in [0.717, 1.165) is 16.9 Å². The van der Waals surface area contributed by atoms with Crippen LogP contribution in [0.4, 0.5) is 0 Å². The van der Waals surface area contributed by atoms with E-state index in [1.54, 1.807) is 7.11 Å². The molecular formula is C13H18N2O. The number of nitrogens with zero attached hydrogens (tertiary/aromatic N) is 1. The highest BCUT2D eigenvalue weighted by Crippen LogP contribution is 2.30. The maximum absolute atomic E-state index is 8.56. The lowest BCUT2D eigenvalue weighted by atomic mass is 9.97. The highest BCUT2D eigenvalue weighted by Gasteiger charge is 2.14. The summed E-state index contributed by atoms with van der Waals surface area (Å²) in [6.45, 7) is 4.04. The van der Waals surface area contributed by atoms with Crippen molar-refractivity contribution >= 4 is 0 Å². The number of hydrogen-bond acceptors (Lipinski definition) is 3. The SMILES string of the molecule is COc1c(C)cc(C)cc1C(N)CCC#N. The van der Waals surface area contributed by atoms with Gasteiger partial charge in [-0.25, -0.2) is 0 Å². The number of nitrogens with two attached hydrogens (primary N) is 1. The molecule has 1 atom stereocenters. The summed E-state index contributed by atoms with van der Waals surface area (Å²) in [5, 5.41) is 8.56. The molecule has 0 fully saturated rings. The molecule has 0 aliphatic heterocycles. The van der Waals surface area contributed by atoms with E-state index in [1.807, 2.05) is 19.9 Å². The molecule has 0 bridgehead atoms. The number of nitriles is 1. The first-order valence-corrected chi connectivity index (χ1v) is 5.37. The second kappa shape index (κ2) is 5.53. The summed E-state index contributed by atoms with van der Waals surface area (Å²) in [5.41, 5.74) is 9.31. The summed E-state index contributed by atoms with van der Waals surface area (Å²) in [6.07, 6.45) is 1.13. The standard InChI is InChI=1S/C13H18N2O/c1-9-7-10(2)13(16-3)11(8-9)12(15)5-4-6-14/h7-8,12H,4-5,15H2,1-3H3. The van der Waals surface area contributed by atoms with E-state index in [1.165, 1.54) is 5.56 Å². The van der Waals surface area contributed by atoms with Gasteiger partial charge in [-0.05, 0) is 25.8 Å². The third-order valence-corrected chi connectivity index (χ3v) is 2.62. The van der Waals surface area contributed by atoms with Crippen molar-refractivity contribution in [2.75, 3.05) is 7.11 Å². The Balaban J connectivity index is 3.06. The highest BCUT2D eigenvalue weighted by molar-refractivity contribution is 5.45. The molecule has 1 aromatic carbocycles. The maximum atomic E-state index is 8.56. The van der Waals surface area contributed by atoms with Gasteiger partial charge in [0.1, 0.15) is 5.75 Å². The molecule has 3 nitrogen and oxygen atoms in total. The molecule has 0 aromatic heterocycles. The van der Waals surface area contributed by atoms with Crippen LogP contribution in [0.25, 0.3) is 0 Å². The van der Waals surface area contributed by atoms with E-state index < -0.39 is 0 Å². The van der Waals surface area contributed by atoms with Crippen molar-refractivity contribution in [1.29, 1.82) is 5.26 Å². The first-order valence-electron chi connectivity index (χ1n) is 5.37. The molecule has 0 aliphatic rings. The molecular weight excluding hydrogens is 200 g/mol. The van der Waals surface area contributed by atoms with Crippen molar-refractivity contribution in [1.82, 2.24) is 0 Å². The molecule has 1 rings (SSSR count). The zero-order valence-electron chi connectivity index (χ0n) is 10.1. The first-order chi connectivity index (χ1) is 7.60. The third kappa shape index (κ3) is 2.74. The Morgan fingerprint density at radius 2 is 2.12 bits per heavy atom. The zero-order chi connectivity index (χ0) is 12.1. The maximum Gasteiger partial charge on any atom is 0.126 e. The van der Waals surface area contributed by atoms with Gasteiger partial charge in [-0.3, -0.25) is 0 Å². The molecule has 1 aromatic rings. The molecule has 0 amide bonds. The second-order valence-electron chi connectivity index (χ2n) is 4.01. The van der Waals surface area contributed by atoms with Crippen LogP contribution in [0.2, 0.25) is 0 Å². The Bertz CT molecular complexity index is 407. The van der Waals surface area contributed by atoms with E-state index >= 15 is 0 Å². The molecule has 3 heteroatoms. The van der Waals surface area contributed by atoms with Crippen LogP contribution in [-0.2, 0) is 0 Å². The summed E-state index contributed by atoms with van der Waals surface area (Å²) >= 11 is 0. The van der Waals surface area contributed by atoms with E-state index in [9.17, 15) is 0 Å². The lowest BCUT2D eigenvalue weighted by Gasteiger charge is -2.17. The molecule has 0 saturated carbocycles. The smallest absolute Gasteiger partial charge is 0.126 e. The van der Waals surface area contributed by atoms with Gasteiger partial charge in [0.05, 0.1) is 13.2 Å². The summed E-state index contributed by atoms with van der Waals surface area (Å²) < 4.78 is 5.37. The van der Waals surface area contributed by atoms with Crippen molar-refractivity contribution in [3.63, 3.8) is 0 Å². The van der Waals surface area contributed by atoms with E-state index in [0.29, 0.717) is 12.8 Å². The number of aryl methyl sites for hydroxylation is 2. The van der Waals surface area contributed by atoms with Gasteiger partial charge in [0.2, 0.25) is 0 Å². The quantitative estimate of drug-likeness (QED) is 0.845. The Morgan fingerprint density at radius 1 is 1.44 bits per heavy atom. The molecule has 0 spiro atoms. The fourth-order valence-electron chi connectivity index (χ4n) is 1.92. The number of methoxy groups -OCH3 is 1. The lowest BCUT2D eigenvalue weighted by molar-refractivity contribution is 0.401. The van der Waals surface area contributed by atoms with Crippen LogP contribution < -0.4 is 10.5 Å². The number of ether oxygens (including phenoxy) is 1. The van der Waals surface area contributed by atoms with Crippen molar-refractivity contribution in [2.45, 2.75) is 32.7 Å². The Labute approximate surface area is 96.8 Å². The average molecular weight is 218 g/mol. The van der Waals surface area contributed by atoms with Gasteiger partial charge in [0.25, 0.3) is 0 Å². The van der Waals surface area contributed by atoms with Gasteiger partial charge in [-0.15, -0.1) is 0 Å². The number of benzene rings is 1. The Kier molecular flexibility index (Phi) is 4.33. The minimum atomic E-state index is -0.131. The van der Waals surface area contributed by atoms with Crippen LogP contribution in [0, 0.1) is 25.2 Å². The average Bonchev–Trinajstić information content (AvgIpc) is 2.24. The second-order valence-corrected chi connectivity index (χ2v) is 4.01. The normalized spacial score (nSPS) is 11.9. The van der Waals surface area contributed by atoms with Gasteiger partial charge in [0.15, 0.2) is 0 Å². The van der Waals surface area contributed by atoms with Crippen molar-refractivity contribution in [3.8, 4) is 11.8 Å². The minimum absolute atomic E-state index is 0.131. The van der Waals surface area contributed by atoms with Crippen molar-refractivity contribution in [2.24, 2.45) is 5.73 Å². The van der Waals surface area contributed by atoms with Crippen molar-refractivity contribution in [3.05, 3.63) is 28.8 Å². The summed E-state index contributed by atoms with van der Waals surface area (Å²) in [7, 11) is 1.65. The molecule has 86 valence electrons. The predicted molar refractivity (Wildman–Crippen MR) is 64.2 cm³/mol. The summed E-state index contributed by atoms with van der Waals surface area (Å²) in [4.78, 5) is 0. The number of hydrogen-bond donors (Lipinski definition) is 1. The minimum Gasteiger partial charge on any atom is -0.496 e. The van der Waals surface area contributed by atoms with Crippen LogP contribution in [-0.4, -0.2) is 7.11 Å². The van der Waals surface area contributed by atoms with Crippen LogP contribution >= 0.6 is 0 Å². The molecule has 0 aliphatic carbocycles. The highest BCUT2D eigenvalue weighted by atomic mass is 16.5. The monoisotopic (exact) mass is 218 g/mol. The summed E-state index contributed by atoms with van der Waals surface area (Å²) in [5.74, 6) is 0.844. The van der Waals surface area contributed by atoms with E-state index in [-0.39, 0.29) is 6.04 Å². The zero-order valence-corrected chi connectivity index (χ0v) is 10.1. The molecule has 1 unspecified atom stereocenters. The number of rotatable bonds is 4. The van der Waals surface area contributed by atoms with Gasteiger partial charge in [-0.2, -0.15) is 5.26 Å². The fourth-order valence-corrected chi connectivity index (χ4v) is 1.92. The lowest BCUT2D eigenvalue weighted by Crippen LogP contribution is -2.12.